The predicted octanol–water partition coefficient (Wildman–Crippen LogP) is 1.95. The number of rotatable bonds is 6. The predicted molar refractivity (Wildman–Crippen MR) is 90.5 cm³/mol. The third-order valence-corrected chi connectivity index (χ3v) is 3.96. The maximum atomic E-state index is 12.3. The first kappa shape index (κ1) is 17.7. The van der Waals surface area contributed by atoms with Crippen molar-refractivity contribution in [2.24, 2.45) is 0 Å². The van der Waals surface area contributed by atoms with E-state index in [4.69, 9.17) is 4.74 Å². The first-order valence-electron chi connectivity index (χ1n) is 7.68. The van der Waals surface area contributed by atoms with E-state index in [2.05, 4.69) is 5.32 Å². The first-order chi connectivity index (χ1) is 11.5. The number of esters is 1. The Bertz CT molecular complexity index is 687. The summed E-state index contributed by atoms with van der Waals surface area (Å²) in [4.78, 5) is 24.5. The van der Waals surface area contributed by atoms with Crippen molar-refractivity contribution in [3.63, 3.8) is 0 Å². The minimum absolute atomic E-state index is 0.0384. The van der Waals surface area contributed by atoms with Gasteiger partial charge in [-0.25, -0.2) is 4.79 Å². The number of amides is 1. The van der Waals surface area contributed by atoms with E-state index in [1.807, 2.05) is 18.2 Å². The zero-order chi connectivity index (χ0) is 17.6. The number of carbonyl (C=O) groups is 2. The molecule has 24 heavy (non-hydrogen) atoms. The molecule has 0 aromatic heterocycles. The molecule has 0 saturated heterocycles. The molecule has 0 heterocycles. The van der Waals surface area contributed by atoms with E-state index in [0.29, 0.717) is 5.56 Å². The van der Waals surface area contributed by atoms with E-state index >= 15 is 0 Å². The highest BCUT2D eigenvalue weighted by atomic mass is 16.5. The number of hydrogen-bond donors (Lipinski definition) is 2. The molecule has 0 bridgehead atoms. The van der Waals surface area contributed by atoms with Crippen molar-refractivity contribution in [3.05, 3.63) is 71.8 Å². The van der Waals surface area contributed by atoms with Crippen LogP contribution in [-0.4, -0.2) is 35.7 Å². The van der Waals surface area contributed by atoms with Crippen LogP contribution >= 0.6 is 0 Å². The van der Waals surface area contributed by atoms with Gasteiger partial charge in [-0.15, -0.1) is 0 Å². The Morgan fingerprint density at radius 1 is 1.08 bits per heavy atom. The molecule has 2 aromatic carbocycles. The molecule has 0 spiro atoms. The van der Waals surface area contributed by atoms with Crippen LogP contribution in [-0.2, 0) is 16.0 Å². The number of ether oxygens (including phenoxy) is 1. The van der Waals surface area contributed by atoms with E-state index in [-0.39, 0.29) is 12.3 Å². The number of nitrogens with one attached hydrogen (secondary N) is 1. The lowest BCUT2D eigenvalue weighted by molar-refractivity contribution is -0.164. The Balaban J connectivity index is 2.20. The molecule has 5 nitrogen and oxygen atoms in total. The van der Waals surface area contributed by atoms with Gasteiger partial charge in [0.2, 0.25) is 0 Å². The van der Waals surface area contributed by atoms with Crippen LogP contribution < -0.4 is 5.32 Å². The molecule has 0 fully saturated rings. The normalized spacial score (nSPS) is 14.3. The summed E-state index contributed by atoms with van der Waals surface area (Å²) in [6, 6.07) is 16.9. The molecule has 126 valence electrons. The van der Waals surface area contributed by atoms with Gasteiger partial charge in [0, 0.05) is 12.0 Å². The fourth-order valence-electron chi connectivity index (χ4n) is 2.47. The molecule has 0 radical (unpaired) electrons. The van der Waals surface area contributed by atoms with Crippen molar-refractivity contribution in [3.8, 4) is 0 Å². The van der Waals surface area contributed by atoms with Gasteiger partial charge < -0.3 is 15.2 Å². The third kappa shape index (κ3) is 4.00. The van der Waals surface area contributed by atoms with Gasteiger partial charge in [0.15, 0.2) is 5.60 Å². The Kier molecular flexibility index (Phi) is 5.71. The fraction of sp³-hybridized carbons (Fsp3) is 0.263. The highest BCUT2D eigenvalue weighted by Crippen LogP contribution is 2.20. The third-order valence-electron chi connectivity index (χ3n) is 3.96. The Labute approximate surface area is 141 Å². The van der Waals surface area contributed by atoms with Crippen molar-refractivity contribution in [2.75, 3.05) is 7.11 Å². The second kappa shape index (κ2) is 7.75. The summed E-state index contributed by atoms with van der Waals surface area (Å²) in [6.07, 6.45) is 0.0384. The van der Waals surface area contributed by atoms with Crippen LogP contribution in [0.3, 0.4) is 0 Å². The zero-order valence-electron chi connectivity index (χ0n) is 13.7. The summed E-state index contributed by atoms with van der Waals surface area (Å²) in [6.45, 7) is 1.58. The minimum atomic E-state index is -1.86. The number of carbonyl (C=O) groups excluding carboxylic acids is 2. The van der Waals surface area contributed by atoms with Gasteiger partial charge in [-0.05, 0) is 24.6 Å². The summed E-state index contributed by atoms with van der Waals surface area (Å²) in [7, 11) is 1.21. The van der Waals surface area contributed by atoms with E-state index in [1.54, 1.807) is 49.4 Å². The largest absolute Gasteiger partial charge is 0.467 e. The highest BCUT2D eigenvalue weighted by molar-refractivity contribution is 5.95. The molecule has 0 unspecified atom stereocenters. The summed E-state index contributed by atoms with van der Waals surface area (Å²) < 4.78 is 4.76. The van der Waals surface area contributed by atoms with E-state index in [9.17, 15) is 14.7 Å². The van der Waals surface area contributed by atoms with Crippen molar-refractivity contribution < 1.29 is 19.4 Å². The van der Waals surface area contributed by atoms with Gasteiger partial charge in [-0.1, -0.05) is 48.5 Å². The van der Waals surface area contributed by atoms with Gasteiger partial charge in [0.1, 0.15) is 0 Å². The van der Waals surface area contributed by atoms with Crippen LogP contribution in [0.4, 0.5) is 0 Å². The second-order valence-electron chi connectivity index (χ2n) is 5.64. The van der Waals surface area contributed by atoms with Gasteiger partial charge in [-0.2, -0.15) is 0 Å². The molecule has 2 atom stereocenters. The van der Waals surface area contributed by atoms with Crippen LogP contribution in [0.15, 0.2) is 60.7 Å². The SMILES string of the molecule is COC(=O)[C@](O)(Cc1ccccc1)[C@@H](C)NC(=O)c1ccccc1. The van der Waals surface area contributed by atoms with Crippen LogP contribution in [0.25, 0.3) is 0 Å². The maximum Gasteiger partial charge on any atom is 0.340 e. The Morgan fingerprint density at radius 2 is 1.62 bits per heavy atom. The maximum absolute atomic E-state index is 12.3. The van der Waals surface area contributed by atoms with Crippen LogP contribution in [0.2, 0.25) is 0 Å². The first-order valence-corrected chi connectivity index (χ1v) is 7.68. The monoisotopic (exact) mass is 327 g/mol. The summed E-state index contributed by atoms with van der Waals surface area (Å²) in [5.41, 5.74) is -0.636. The molecule has 0 aliphatic carbocycles. The summed E-state index contributed by atoms with van der Waals surface area (Å²) >= 11 is 0. The summed E-state index contributed by atoms with van der Waals surface area (Å²) in [5, 5.41) is 13.6. The van der Waals surface area contributed by atoms with Crippen LogP contribution in [0.5, 0.6) is 0 Å². The van der Waals surface area contributed by atoms with Crippen molar-refractivity contribution >= 4 is 11.9 Å². The number of benzene rings is 2. The number of hydrogen-bond acceptors (Lipinski definition) is 4. The van der Waals surface area contributed by atoms with Gasteiger partial charge in [0.05, 0.1) is 13.2 Å². The van der Waals surface area contributed by atoms with E-state index in [0.717, 1.165) is 5.56 Å². The standard InChI is InChI=1S/C19H21NO4/c1-14(20-17(21)16-11-7-4-8-12-16)19(23,18(22)24-2)13-15-9-5-3-6-10-15/h3-12,14,23H,13H2,1-2H3,(H,20,21)/t14-,19+/m1/s1. The smallest absolute Gasteiger partial charge is 0.340 e. The average molecular weight is 327 g/mol. The molecule has 5 heteroatoms. The molecule has 2 aromatic rings. The summed E-state index contributed by atoms with van der Waals surface area (Å²) in [5.74, 6) is -1.15. The lowest BCUT2D eigenvalue weighted by Gasteiger charge is -2.32. The fourth-order valence-corrected chi connectivity index (χ4v) is 2.47. The molecule has 0 aliphatic rings. The van der Waals surface area contributed by atoms with E-state index < -0.39 is 17.6 Å². The molecular formula is C19H21NO4. The van der Waals surface area contributed by atoms with Gasteiger partial charge in [0.25, 0.3) is 5.91 Å². The molecule has 1 amide bonds. The molecule has 0 aliphatic heterocycles. The van der Waals surface area contributed by atoms with Crippen molar-refractivity contribution in [1.29, 1.82) is 0 Å². The van der Waals surface area contributed by atoms with E-state index in [1.165, 1.54) is 7.11 Å². The topological polar surface area (TPSA) is 75.6 Å². The Hall–Kier alpha value is -2.66. The second-order valence-corrected chi connectivity index (χ2v) is 5.64. The molecule has 0 saturated carbocycles. The molecule has 2 N–H and O–H groups in total. The lowest BCUT2D eigenvalue weighted by Crippen LogP contribution is -2.57. The minimum Gasteiger partial charge on any atom is -0.467 e. The average Bonchev–Trinajstić information content (AvgIpc) is 2.62. The van der Waals surface area contributed by atoms with Gasteiger partial charge >= 0.3 is 5.97 Å². The van der Waals surface area contributed by atoms with Crippen molar-refractivity contribution in [2.45, 2.75) is 25.0 Å². The highest BCUT2D eigenvalue weighted by Gasteiger charge is 2.43. The number of methoxy groups -OCH3 is 1. The molecule has 2 rings (SSSR count). The lowest BCUT2D eigenvalue weighted by atomic mass is 9.87. The quantitative estimate of drug-likeness (QED) is 0.795. The Morgan fingerprint density at radius 3 is 2.17 bits per heavy atom. The zero-order valence-corrected chi connectivity index (χ0v) is 13.7. The van der Waals surface area contributed by atoms with Gasteiger partial charge in [-0.3, -0.25) is 4.79 Å². The molecular weight excluding hydrogens is 306 g/mol. The van der Waals surface area contributed by atoms with Crippen molar-refractivity contribution in [1.82, 2.24) is 5.32 Å². The van der Waals surface area contributed by atoms with Crippen LogP contribution in [0.1, 0.15) is 22.8 Å². The van der Waals surface area contributed by atoms with Crippen LogP contribution in [0, 0.1) is 0 Å². The number of aliphatic hydroxyl groups is 1.